The maximum Gasteiger partial charge on any atom is 0.280 e. The van der Waals surface area contributed by atoms with E-state index in [0.717, 1.165) is 25.9 Å². The lowest BCUT2D eigenvalue weighted by Crippen LogP contribution is -2.36. The average Bonchev–Trinajstić information content (AvgIpc) is 2.44. The van der Waals surface area contributed by atoms with Gasteiger partial charge in [0, 0.05) is 26.1 Å². The Morgan fingerprint density at radius 1 is 1.42 bits per heavy atom. The summed E-state index contributed by atoms with van der Waals surface area (Å²) in [5, 5.41) is 9.08. The molecule has 1 aromatic heterocycles. The van der Waals surface area contributed by atoms with Crippen molar-refractivity contribution in [2.45, 2.75) is 25.7 Å². The zero-order valence-electron chi connectivity index (χ0n) is 10.6. The number of nitrogens with zero attached hydrogens (tertiary/aromatic N) is 2. The van der Waals surface area contributed by atoms with Crippen LogP contribution in [0.25, 0.3) is 0 Å². The largest absolute Gasteiger partial charge is 0.382 e. The number of halogens is 1. The Kier molecular flexibility index (Phi) is 4.95. The van der Waals surface area contributed by atoms with E-state index in [4.69, 9.17) is 0 Å². The molecule has 1 aromatic rings. The molecule has 0 bridgehead atoms. The average molecular weight is 329 g/mol. The number of hydrogen-bond acceptors (Lipinski definition) is 4. The van der Waals surface area contributed by atoms with Crippen LogP contribution in [0.3, 0.4) is 0 Å². The molecule has 1 amide bonds. The Morgan fingerprint density at radius 2 is 2.16 bits per heavy atom. The molecule has 1 aliphatic rings. The summed E-state index contributed by atoms with van der Waals surface area (Å²) in [7, 11) is 0. The molecule has 2 rings (SSSR count). The van der Waals surface area contributed by atoms with Crippen LogP contribution in [0.1, 0.15) is 25.7 Å². The summed E-state index contributed by atoms with van der Waals surface area (Å²) in [5.41, 5.74) is 0.322. The van der Waals surface area contributed by atoms with Gasteiger partial charge in [0.1, 0.15) is 4.47 Å². The molecule has 0 unspecified atom stereocenters. The fourth-order valence-electron chi connectivity index (χ4n) is 2.11. The van der Waals surface area contributed by atoms with E-state index in [0.29, 0.717) is 23.1 Å². The SMILES string of the molecule is O=C(CCNc1cn[nH]c(=O)c1Br)N1CCCCC1. The second kappa shape index (κ2) is 6.70. The van der Waals surface area contributed by atoms with Gasteiger partial charge in [0.15, 0.2) is 0 Å². The smallest absolute Gasteiger partial charge is 0.280 e. The van der Waals surface area contributed by atoms with Gasteiger partial charge in [-0.25, -0.2) is 5.10 Å². The van der Waals surface area contributed by atoms with Crippen molar-refractivity contribution in [2.24, 2.45) is 0 Å². The van der Waals surface area contributed by atoms with Gasteiger partial charge in [-0.15, -0.1) is 0 Å². The fourth-order valence-corrected chi connectivity index (χ4v) is 2.44. The van der Waals surface area contributed by atoms with Gasteiger partial charge in [-0.3, -0.25) is 9.59 Å². The first-order chi connectivity index (χ1) is 9.18. The quantitative estimate of drug-likeness (QED) is 0.874. The predicted molar refractivity (Wildman–Crippen MR) is 76.1 cm³/mol. The lowest BCUT2D eigenvalue weighted by atomic mass is 10.1. The van der Waals surface area contributed by atoms with Gasteiger partial charge in [-0.2, -0.15) is 5.10 Å². The van der Waals surface area contributed by atoms with Gasteiger partial charge in [-0.1, -0.05) is 0 Å². The Morgan fingerprint density at radius 3 is 2.89 bits per heavy atom. The third kappa shape index (κ3) is 3.79. The third-order valence-corrected chi connectivity index (χ3v) is 3.95. The van der Waals surface area contributed by atoms with Crippen molar-refractivity contribution in [1.29, 1.82) is 0 Å². The first-order valence-corrected chi connectivity index (χ1v) is 7.22. The summed E-state index contributed by atoms with van der Waals surface area (Å²) >= 11 is 3.18. The minimum absolute atomic E-state index is 0.168. The van der Waals surface area contributed by atoms with Crippen molar-refractivity contribution in [1.82, 2.24) is 15.1 Å². The van der Waals surface area contributed by atoms with Crippen LogP contribution in [0, 0.1) is 0 Å². The topological polar surface area (TPSA) is 78.1 Å². The highest BCUT2D eigenvalue weighted by molar-refractivity contribution is 9.10. The van der Waals surface area contributed by atoms with Crippen molar-refractivity contribution < 1.29 is 4.79 Å². The molecule has 6 nitrogen and oxygen atoms in total. The van der Waals surface area contributed by atoms with Crippen molar-refractivity contribution in [3.05, 3.63) is 21.0 Å². The molecule has 7 heteroatoms. The number of piperidine rings is 1. The number of amides is 1. The molecule has 0 aromatic carbocycles. The summed E-state index contributed by atoms with van der Waals surface area (Å²) in [5.74, 6) is 0.168. The highest BCUT2D eigenvalue weighted by Crippen LogP contribution is 2.15. The van der Waals surface area contributed by atoms with Gasteiger partial charge in [0.05, 0.1) is 11.9 Å². The zero-order chi connectivity index (χ0) is 13.7. The van der Waals surface area contributed by atoms with E-state index in [2.05, 4.69) is 31.4 Å². The zero-order valence-corrected chi connectivity index (χ0v) is 12.2. The van der Waals surface area contributed by atoms with Crippen LogP contribution in [-0.2, 0) is 4.79 Å². The van der Waals surface area contributed by atoms with Crippen molar-refractivity contribution in [2.75, 3.05) is 25.0 Å². The number of aromatic nitrogens is 2. The molecule has 2 N–H and O–H groups in total. The van der Waals surface area contributed by atoms with E-state index in [9.17, 15) is 9.59 Å². The number of anilines is 1. The maximum atomic E-state index is 11.9. The van der Waals surface area contributed by atoms with Crippen LogP contribution in [-0.4, -0.2) is 40.6 Å². The number of carbonyl (C=O) groups is 1. The minimum Gasteiger partial charge on any atom is -0.382 e. The molecular weight excluding hydrogens is 312 g/mol. The van der Waals surface area contributed by atoms with Gasteiger partial charge in [0.2, 0.25) is 5.91 Å². The van der Waals surface area contributed by atoms with Gasteiger partial charge in [-0.05, 0) is 35.2 Å². The molecule has 0 aliphatic carbocycles. The third-order valence-electron chi connectivity index (χ3n) is 3.16. The molecule has 0 saturated carbocycles. The Balaban J connectivity index is 1.81. The summed E-state index contributed by atoms with van der Waals surface area (Å²) < 4.78 is 0.410. The van der Waals surface area contributed by atoms with E-state index >= 15 is 0 Å². The van der Waals surface area contributed by atoms with Crippen molar-refractivity contribution >= 4 is 27.5 Å². The second-order valence-electron chi connectivity index (χ2n) is 4.55. The molecule has 0 spiro atoms. The second-order valence-corrected chi connectivity index (χ2v) is 5.34. The Hall–Kier alpha value is -1.37. The number of aromatic amines is 1. The van der Waals surface area contributed by atoms with Crippen LogP contribution in [0.15, 0.2) is 15.5 Å². The monoisotopic (exact) mass is 328 g/mol. The highest BCUT2D eigenvalue weighted by Gasteiger charge is 2.15. The number of carbonyl (C=O) groups excluding carboxylic acids is 1. The summed E-state index contributed by atoms with van der Waals surface area (Å²) in [6.45, 7) is 2.24. The summed E-state index contributed by atoms with van der Waals surface area (Å²) in [4.78, 5) is 25.1. The molecule has 0 atom stereocenters. The minimum atomic E-state index is -0.285. The molecule has 1 aliphatic heterocycles. The first kappa shape index (κ1) is 14.0. The Labute approximate surface area is 119 Å². The molecule has 1 saturated heterocycles. The molecule has 2 heterocycles. The normalized spacial score (nSPS) is 15.3. The molecule has 104 valence electrons. The molecule has 0 radical (unpaired) electrons. The van der Waals surface area contributed by atoms with E-state index in [1.807, 2.05) is 4.90 Å². The summed E-state index contributed by atoms with van der Waals surface area (Å²) in [6.07, 6.45) is 5.37. The predicted octanol–water partition coefficient (Wildman–Crippen LogP) is 1.35. The van der Waals surface area contributed by atoms with Crippen LogP contribution in [0.2, 0.25) is 0 Å². The molecular formula is C12H17BrN4O2. The van der Waals surface area contributed by atoms with E-state index < -0.39 is 0 Å². The van der Waals surface area contributed by atoms with Crippen molar-refractivity contribution in [3.63, 3.8) is 0 Å². The fraction of sp³-hybridized carbons (Fsp3) is 0.583. The highest BCUT2D eigenvalue weighted by atomic mass is 79.9. The summed E-state index contributed by atoms with van der Waals surface area (Å²) in [6, 6.07) is 0. The number of nitrogens with one attached hydrogen (secondary N) is 2. The van der Waals surface area contributed by atoms with Gasteiger partial charge in [0.25, 0.3) is 5.56 Å². The maximum absolute atomic E-state index is 11.9. The van der Waals surface area contributed by atoms with Crippen molar-refractivity contribution in [3.8, 4) is 0 Å². The van der Waals surface area contributed by atoms with Crippen LogP contribution >= 0.6 is 15.9 Å². The van der Waals surface area contributed by atoms with Crippen LogP contribution in [0.5, 0.6) is 0 Å². The number of H-pyrrole nitrogens is 1. The number of hydrogen-bond donors (Lipinski definition) is 2. The standard InChI is InChI=1S/C12H17BrN4O2/c13-11-9(8-15-16-12(11)19)14-5-4-10(18)17-6-2-1-3-7-17/h8H,1-7H2,(H2,14,16,19). The van der Waals surface area contributed by atoms with Gasteiger partial charge < -0.3 is 10.2 Å². The number of rotatable bonds is 4. The number of likely N-dealkylation sites (tertiary alicyclic amines) is 1. The van der Waals surface area contributed by atoms with E-state index in [-0.39, 0.29) is 11.5 Å². The lowest BCUT2D eigenvalue weighted by molar-refractivity contribution is -0.131. The van der Waals surface area contributed by atoms with Crippen LogP contribution < -0.4 is 10.9 Å². The van der Waals surface area contributed by atoms with Gasteiger partial charge >= 0.3 is 0 Å². The molecule has 1 fully saturated rings. The first-order valence-electron chi connectivity index (χ1n) is 6.43. The van der Waals surface area contributed by atoms with Crippen LogP contribution in [0.4, 0.5) is 5.69 Å². The van der Waals surface area contributed by atoms with E-state index in [1.54, 1.807) is 0 Å². The Bertz CT molecular complexity index is 497. The van der Waals surface area contributed by atoms with E-state index in [1.165, 1.54) is 12.6 Å². The lowest BCUT2D eigenvalue weighted by Gasteiger charge is -2.26. The molecule has 19 heavy (non-hydrogen) atoms.